The van der Waals surface area contributed by atoms with Crippen molar-refractivity contribution >= 4 is 32.8 Å². The van der Waals surface area contributed by atoms with E-state index in [0.29, 0.717) is 42.3 Å². The largest absolute Gasteiger partial charge is 0.468 e. The fourth-order valence-corrected chi connectivity index (χ4v) is 5.41. The third-order valence-electron chi connectivity index (χ3n) is 6.57. The number of nitro groups is 1. The normalized spacial score (nSPS) is 13.0. The van der Waals surface area contributed by atoms with Crippen molar-refractivity contribution in [2.24, 2.45) is 0 Å². The molecule has 0 unspecified atom stereocenters. The van der Waals surface area contributed by atoms with Crippen LogP contribution in [0.25, 0.3) is 0 Å². The highest BCUT2D eigenvalue weighted by atomic mass is 32.2. The smallest absolute Gasteiger partial charge is 0.335 e. The van der Waals surface area contributed by atoms with Crippen LogP contribution in [0.15, 0.2) is 67.0 Å². The molecule has 0 spiro atoms. The van der Waals surface area contributed by atoms with Crippen molar-refractivity contribution in [1.82, 2.24) is 15.0 Å². The minimum Gasteiger partial charge on any atom is -0.468 e. The van der Waals surface area contributed by atoms with Crippen molar-refractivity contribution in [1.29, 1.82) is 0 Å². The van der Waals surface area contributed by atoms with Crippen LogP contribution in [0, 0.1) is 17.0 Å². The first kappa shape index (κ1) is 27.0. The zero-order chi connectivity index (χ0) is 28.3. The molecule has 0 radical (unpaired) electrons. The molecule has 0 atom stereocenters. The maximum absolute atomic E-state index is 12.0. The van der Waals surface area contributed by atoms with Gasteiger partial charge >= 0.3 is 5.69 Å². The van der Waals surface area contributed by atoms with Crippen molar-refractivity contribution in [3.63, 3.8) is 0 Å². The minimum absolute atomic E-state index is 0.0103. The molecule has 206 valence electrons. The Bertz CT molecular complexity index is 1650. The number of nitrogens with one attached hydrogen (secondary N) is 1. The van der Waals surface area contributed by atoms with Gasteiger partial charge in [0.25, 0.3) is 5.88 Å². The van der Waals surface area contributed by atoms with Gasteiger partial charge in [0.15, 0.2) is 9.84 Å². The molecule has 0 aliphatic carbocycles. The van der Waals surface area contributed by atoms with E-state index in [1.165, 1.54) is 6.26 Å². The first-order valence-electron chi connectivity index (χ1n) is 12.6. The van der Waals surface area contributed by atoms with E-state index in [2.05, 4.69) is 15.3 Å². The van der Waals surface area contributed by atoms with Gasteiger partial charge in [-0.1, -0.05) is 42.5 Å². The molecule has 40 heavy (non-hydrogen) atoms. The van der Waals surface area contributed by atoms with Crippen LogP contribution in [-0.2, 0) is 35.2 Å². The number of pyridine rings is 1. The second-order valence-electron chi connectivity index (χ2n) is 9.68. The maximum atomic E-state index is 12.0. The fourth-order valence-electron chi connectivity index (χ4n) is 4.61. The van der Waals surface area contributed by atoms with Crippen LogP contribution >= 0.6 is 0 Å². The number of rotatable bonds is 9. The summed E-state index contributed by atoms with van der Waals surface area (Å²) in [5.74, 6) is 0.371. The van der Waals surface area contributed by atoms with Crippen molar-refractivity contribution in [3.8, 4) is 5.88 Å². The lowest BCUT2D eigenvalue weighted by Gasteiger charge is -2.30. The molecule has 2 aromatic carbocycles. The van der Waals surface area contributed by atoms with Crippen molar-refractivity contribution in [2.75, 3.05) is 23.0 Å². The lowest BCUT2D eigenvalue weighted by Crippen LogP contribution is -2.32. The van der Waals surface area contributed by atoms with Crippen LogP contribution in [-0.4, -0.2) is 41.1 Å². The molecule has 0 bridgehead atoms. The van der Waals surface area contributed by atoms with Crippen LogP contribution in [0.2, 0.25) is 0 Å². The summed E-state index contributed by atoms with van der Waals surface area (Å²) in [6.45, 7) is 2.96. The number of hydrogen-bond acceptors (Lipinski definition) is 10. The highest BCUT2D eigenvalue weighted by molar-refractivity contribution is 7.89. The summed E-state index contributed by atoms with van der Waals surface area (Å²) in [4.78, 5) is 27.0. The monoisotopic (exact) mass is 560 g/mol. The van der Waals surface area contributed by atoms with Gasteiger partial charge in [0.1, 0.15) is 6.61 Å². The lowest BCUT2D eigenvalue weighted by atomic mass is 10.1. The first-order chi connectivity index (χ1) is 19.2. The number of benzene rings is 2. The Balaban J connectivity index is 1.33. The van der Waals surface area contributed by atoms with E-state index in [4.69, 9.17) is 9.72 Å². The molecular weight excluding hydrogens is 532 g/mol. The molecule has 0 fully saturated rings. The lowest BCUT2D eigenvalue weighted by molar-refractivity contribution is -0.386. The number of nitrogens with zero attached hydrogens (tertiary/aromatic N) is 5. The Labute approximate surface area is 232 Å². The maximum Gasteiger partial charge on any atom is 0.335 e. The molecular formula is C28H28N6O5S. The molecule has 4 aromatic rings. The van der Waals surface area contributed by atoms with E-state index in [0.717, 1.165) is 22.5 Å². The standard InChI is InChI=1S/C28H28N6O5S/c1-19-25(15-29-27(26(19)34(35)36)39-17-20-6-4-3-5-7-20)33-13-12-22-14-30-28(32-24(22)16-33)31-23-10-8-21(9-11-23)18-40(2,37)38/h3-11,14-15H,12-13,16-18H2,1-2H3,(H,30,31,32). The Morgan fingerprint density at radius 1 is 1.05 bits per heavy atom. The summed E-state index contributed by atoms with van der Waals surface area (Å²) >= 11 is 0. The summed E-state index contributed by atoms with van der Waals surface area (Å²) in [6.07, 6.45) is 5.28. The highest BCUT2D eigenvalue weighted by Gasteiger charge is 2.28. The third kappa shape index (κ3) is 6.34. The Kier molecular flexibility index (Phi) is 7.60. The van der Waals surface area contributed by atoms with Crippen molar-refractivity contribution < 1.29 is 18.1 Å². The molecule has 1 aliphatic heterocycles. The van der Waals surface area contributed by atoms with Crippen LogP contribution in [0.5, 0.6) is 5.88 Å². The molecule has 1 aliphatic rings. The first-order valence-corrected chi connectivity index (χ1v) is 14.7. The summed E-state index contributed by atoms with van der Waals surface area (Å²) in [5, 5.41) is 15.2. The van der Waals surface area contributed by atoms with E-state index in [-0.39, 0.29) is 23.9 Å². The van der Waals surface area contributed by atoms with Gasteiger partial charge in [-0.25, -0.2) is 23.4 Å². The molecule has 0 saturated carbocycles. The molecule has 11 nitrogen and oxygen atoms in total. The predicted molar refractivity (Wildman–Crippen MR) is 151 cm³/mol. The van der Waals surface area contributed by atoms with Gasteiger partial charge in [0.2, 0.25) is 5.95 Å². The quantitative estimate of drug-likeness (QED) is 0.229. The number of hydrogen-bond donors (Lipinski definition) is 1. The van der Waals surface area contributed by atoms with Crippen LogP contribution in [0.4, 0.5) is 23.0 Å². The second kappa shape index (κ2) is 11.3. The van der Waals surface area contributed by atoms with Gasteiger partial charge in [-0.2, -0.15) is 0 Å². The van der Waals surface area contributed by atoms with Crippen LogP contribution < -0.4 is 15.0 Å². The topological polar surface area (TPSA) is 140 Å². The number of fused-ring (bicyclic) bond motifs is 1. The van der Waals surface area contributed by atoms with E-state index in [1.807, 2.05) is 35.2 Å². The average molecular weight is 561 g/mol. The summed E-state index contributed by atoms with van der Waals surface area (Å²) in [5.41, 5.74) is 5.12. The average Bonchev–Trinajstić information content (AvgIpc) is 2.92. The van der Waals surface area contributed by atoms with Crippen molar-refractivity contribution in [2.45, 2.75) is 32.2 Å². The van der Waals surface area contributed by atoms with E-state index in [9.17, 15) is 18.5 Å². The van der Waals surface area contributed by atoms with Crippen LogP contribution in [0.3, 0.4) is 0 Å². The van der Waals surface area contributed by atoms with Gasteiger partial charge in [0, 0.05) is 24.7 Å². The fraction of sp³-hybridized carbons (Fsp3) is 0.250. The molecule has 2 aromatic heterocycles. The number of anilines is 3. The van der Waals surface area contributed by atoms with E-state index in [1.54, 1.807) is 43.6 Å². The molecule has 3 heterocycles. The van der Waals surface area contributed by atoms with E-state index < -0.39 is 14.8 Å². The van der Waals surface area contributed by atoms with E-state index >= 15 is 0 Å². The SMILES string of the molecule is Cc1c(N2CCc3cnc(Nc4ccc(CS(C)(=O)=O)cc4)nc3C2)cnc(OCc2ccccc2)c1[N+](=O)[O-]. The number of aromatic nitrogens is 3. The highest BCUT2D eigenvalue weighted by Crippen LogP contribution is 2.37. The van der Waals surface area contributed by atoms with Gasteiger partial charge in [-0.3, -0.25) is 10.1 Å². The summed E-state index contributed by atoms with van der Waals surface area (Å²) in [6, 6.07) is 16.5. The third-order valence-corrected chi connectivity index (χ3v) is 7.43. The molecule has 0 amide bonds. The second-order valence-corrected chi connectivity index (χ2v) is 11.8. The van der Waals surface area contributed by atoms with Gasteiger partial charge in [-0.05, 0) is 42.2 Å². The predicted octanol–water partition coefficient (Wildman–Crippen LogP) is 4.52. The summed E-state index contributed by atoms with van der Waals surface area (Å²) < 4.78 is 28.8. The summed E-state index contributed by atoms with van der Waals surface area (Å²) in [7, 11) is -3.11. The zero-order valence-corrected chi connectivity index (χ0v) is 22.9. The number of ether oxygens (including phenoxy) is 1. The Morgan fingerprint density at radius 2 is 1.80 bits per heavy atom. The molecule has 12 heteroatoms. The minimum atomic E-state index is -3.11. The number of sulfone groups is 1. The molecule has 1 N–H and O–H groups in total. The van der Waals surface area contributed by atoms with Crippen LogP contribution in [0.1, 0.15) is 27.9 Å². The van der Waals surface area contributed by atoms with Gasteiger partial charge in [0.05, 0.1) is 40.4 Å². The van der Waals surface area contributed by atoms with Gasteiger partial charge < -0.3 is 15.0 Å². The van der Waals surface area contributed by atoms with Gasteiger partial charge in [-0.15, -0.1) is 0 Å². The molecule has 5 rings (SSSR count). The Hall–Kier alpha value is -4.58. The Morgan fingerprint density at radius 3 is 2.50 bits per heavy atom. The van der Waals surface area contributed by atoms with Crippen molar-refractivity contribution in [3.05, 3.63) is 105 Å². The zero-order valence-electron chi connectivity index (χ0n) is 22.1. The molecule has 0 saturated heterocycles.